The number of nitrogens with zero attached hydrogens (tertiary/aromatic N) is 5. The summed E-state index contributed by atoms with van der Waals surface area (Å²) in [5.74, 6) is -2.31. The number of nitrogens with one attached hydrogen (secondary N) is 2. The van der Waals surface area contributed by atoms with E-state index in [9.17, 15) is 76.5 Å². The Morgan fingerprint density at radius 1 is 0.297 bits per heavy atom. The number of quaternary nitrogens is 5. The number of carbonyl (C=O) groups excluding carboxylic acids is 3. The second-order valence-electron chi connectivity index (χ2n) is 35.4. The molecule has 0 fully saturated rings. The molecule has 3 N–H and O–H groups in total. The van der Waals surface area contributed by atoms with Gasteiger partial charge in [0, 0.05) is 75.3 Å². The number of amides is 2. The first-order chi connectivity index (χ1) is 51.7. The third-order valence-corrected chi connectivity index (χ3v) is 23.1. The molecule has 111 heavy (non-hydrogen) atoms. The zero-order chi connectivity index (χ0) is 85.5. The summed E-state index contributed by atoms with van der Waals surface area (Å²) in [6, 6.07) is 0. The summed E-state index contributed by atoms with van der Waals surface area (Å²) in [6.07, 6.45) is 57.7. The van der Waals surface area contributed by atoms with E-state index >= 15 is 0 Å². The molecule has 2 amide bonds. The molecule has 1 unspecified atom stereocenters. The molecule has 0 heterocycles. The summed E-state index contributed by atoms with van der Waals surface area (Å²) in [6.45, 7) is 16.1. The van der Waals surface area contributed by atoms with Crippen LogP contribution in [-0.2, 0) is 54.9 Å². The van der Waals surface area contributed by atoms with Crippen molar-refractivity contribution in [3.05, 3.63) is 0 Å². The number of carboxylic acids is 1. The van der Waals surface area contributed by atoms with Gasteiger partial charge in [0.1, 0.15) is 19.2 Å². The molecule has 0 aromatic heterocycles. The number of hydrogen-bond acceptors (Lipinski definition) is 17. The van der Waals surface area contributed by atoms with Crippen molar-refractivity contribution in [2.45, 2.75) is 348 Å². The van der Waals surface area contributed by atoms with Crippen molar-refractivity contribution in [1.29, 1.82) is 0 Å². The minimum atomic E-state index is -4.42. The van der Waals surface area contributed by atoms with Crippen LogP contribution >= 0.6 is 0 Å². The predicted octanol–water partition coefficient (Wildman–Crippen LogP) is 13.7. The van der Waals surface area contributed by atoms with Crippen LogP contribution < -0.4 is 15.7 Å². The molecule has 0 radical (unpaired) electrons. The standard InChI is InChI=1S/C21H45NO3S.C20H42N2O5S.C19H38N2O3.C17H37NO3S.C6H15NO3S/c1-4-5-6-7-8-9-10-11-12-13-14-15-16-17-19-22(2,3)20-18-21-26(23,24)25;1-4-5-6-7-8-9-10-11-12-14-20(24)21-15-13-16-22(2,3)17-19(23)18-28(25,26)27;1-4-5-6-7-8-9-10-11-12-14-18(22)20-15-13-16-21(2,3)17-19(23)24;1-4-5-6-7-8-9-10-11-12-13-15-18(2,3)16-14-17-22(19,20)21;1-7(2,3)5-4-6-11(8,9)10/h4-21H2,1-3H3;19,23H,4-18H2,1-3H3,(H-,21,24,25,26,27);4-17H2,1-3H3,(H-,20,22,23,24);4-17H2,1-3H3;4-6H2,1-3H3. The van der Waals surface area contributed by atoms with Gasteiger partial charge in [-0.3, -0.25) is 9.59 Å². The van der Waals surface area contributed by atoms with Gasteiger partial charge in [0.2, 0.25) is 11.8 Å². The van der Waals surface area contributed by atoms with Gasteiger partial charge in [0.05, 0.1) is 176 Å². The van der Waals surface area contributed by atoms with Gasteiger partial charge in [-0.2, -0.15) is 0 Å². The van der Waals surface area contributed by atoms with Crippen LogP contribution in [0.15, 0.2) is 0 Å². The minimum absolute atomic E-state index is 0.00634. The number of aliphatic hydroxyl groups excluding tert-OH is 1. The topological polar surface area (TPSA) is 347 Å². The quantitative estimate of drug-likeness (QED) is 0.0289. The van der Waals surface area contributed by atoms with E-state index in [1.165, 1.54) is 244 Å². The zero-order valence-corrected chi connectivity index (χ0v) is 77.4. The predicted molar refractivity (Wildman–Crippen MR) is 454 cm³/mol. The lowest BCUT2D eigenvalue weighted by Crippen LogP contribution is -2.49. The molecule has 0 saturated heterocycles. The first kappa shape index (κ1) is 117. The maximum absolute atomic E-state index is 11.9. The Kier molecular flexibility index (Phi) is 77.2. The highest BCUT2D eigenvalue weighted by Crippen LogP contribution is 2.17. The number of carboxylic acid groups (broad SMARTS) is 1. The van der Waals surface area contributed by atoms with Crippen LogP contribution in [-0.4, -0.2) is 276 Å². The van der Waals surface area contributed by atoms with Gasteiger partial charge >= 0.3 is 0 Å². The largest absolute Gasteiger partial charge is 0.748 e. The van der Waals surface area contributed by atoms with Crippen LogP contribution in [0.3, 0.4) is 0 Å². The Bertz CT molecular complexity index is 2630. The van der Waals surface area contributed by atoms with Crippen molar-refractivity contribution in [1.82, 2.24) is 10.6 Å². The van der Waals surface area contributed by atoms with Gasteiger partial charge in [-0.25, -0.2) is 33.7 Å². The summed E-state index contributed by atoms with van der Waals surface area (Å²) >= 11 is 0. The number of rotatable bonds is 72. The van der Waals surface area contributed by atoms with Crippen molar-refractivity contribution in [3.8, 4) is 0 Å². The van der Waals surface area contributed by atoms with Gasteiger partial charge in [0.15, 0.2) is 0 Å². The summed E-state index contributed by atoms with van der Waals surface area (Å²) < 4.78 is 129. The van der Waals surface area contributed by atoms with Crippen molar-refractivity contribution < 1.29 is 98.9 Å². The van der Waals surface area contributed by atoms with Gasteiger partial charge < -0.3 is 66.3 Å². The molecule has 24 nitrogen and oxygen atoms in total. The van der Waals surface area contributed by atoms with E-state index in [-0.39, 0.29) is 42.2 Å². The van der Waals surface area contributed by atoms with Crippen molar-refractivity contribution in [3.63, 3.8) is 0 Å². The molecule has 0 rings (SSSR count). The average molecular weight is 1670 g/mol. The minimum Gasteiger partial charge on any atom is -0.748 e. The van der Waals surface area contributed by atoms with Gasteiger partial charge in [-0.1, -0.05) is 259 Å². The molecule has 0 aliphatic heterocycles. The van der Waals surface area contributed by atoms with Crippen molar-refractivity contribution >= 4 is 58.3 Å². The highest BCUT2D eigenvalue weighted by Gasteiger charge is 2.23. The van der Waals surface area contributed by atoms with Gasteiger partial charge in [-0.15, -0.1) is 0 Å². The first-order valence-electron chi connectivity index (χ1n) is 43.9. The molecule has 1 atom stereocenters. The van der Waals surface area contributed by atoms with Crippen LogP contribution in [0.4, 0.5) is 0 Å². The highest BCUT2D eigenvalue weighted by atomic mass is 32.2. The van der Waals surface area contributed by atoms with E-state index in [2.05, 4.69) is 66.5 Å². The Hall–Kier alpha value is -2.19. The fourth-order valence-electron chi connectivity index (χ4n) is 13.3. The molecule has 0 bridgehead atoms. The summed E-state index contributed by atoms with van der Waals surface area (Å²) in [4.78, 5) is 34.2. The number of aliphatic hydroxyl groups is 1. The Labute approximate surface area is 684 Å². The Morgan fingerprint density at radius 2 is 0.523 bits per heavy atom. The summed E-state index contributed by atoms with van der Waals surface area (Å²) in [5, 5.41) is 26.2. The van der Waals surface area contributed by atoms with E-state index in [0.29, 0.717) is 78.3 Å². The van der Waals surface area contributed by atoms with E-state index in [1.807, 2.05) is 49.3 Å². The third-order valence-electron chi connectivity index (χ3n) is 20.0. The second-order valence-corrected chi connectivity index (χ2v) is 41.4. The number of unbranched alkanes of at least 4 members (excludes halogenated alkanes) is 38. The second kappa shape index (κ2) is 73.0. The third kappa shape index (κ3) is 110. The Morgan fingerprint density at radius 3 is 0.766 bits per heavy atom. The molecule has 670 valence electrons. The molecule has 28 heteroatoms. The van der Waals surface area contributed by atoms with Crippen LogP contribution in [0.1, 0.15) is 342 Å². The van der Waals surface area contributed by atoms with E-state index in [0.717, 1.165) is 73.7 Å². The first-order valence-corrected chi connectivity index (χ1v) is 50.2. The monoisotopic (exact) mass is 1670 g/mol. The zero-order valence-electron chi connectivity index (χ0n) is 74.2. The van der Waals surface area contributed by atoms with Gasteiger partial charge in [-0.05, 0) is 38.5 Å². The number of hydrogen-bond donors (Lipinski definition) is 3. The molecule has 0 aromatic rings. The summed E-state index contributed by atoms with van der Waals surface area (Å²) in [5.41, 5.74) is 0. The maximum atomic E-state index is 11.9. The lowest BCUT2D eigenvalue weighted by atomic mass is 10.0. The van der Waals surface area contributed by atoms with Crippen LogP contribution in [0, 0.1) is 0 Å². The fourth-order valence-corrected chi connectivity index (χ4v) is 15.3. The molecular weight excluding hydrogens is 1500 g/mol. The lowest BCUT2D eigenvalue weighted by Gasteiger charge is -2.32. The van der Waals surface area contributed by atoms with E-state index in [1.54, 1.807) is 0 Å². The molecule has 0 aliphatic carbocycles. The highest BCUT2D eigenvalue weighted by molar-refractivity contribution is 7.86. The van der Waals surface area contributed by atoms with Crippen molar-refractivity contribution in [2.24, 2.45) is 0 Å². The number of carbonyl (C=O) groups is 3. The van der Waals surface area contributed by atoms with Crippen LogP contribution in [0.25, 0.3) is 0 Å². The SMILES string of the molecule is CCCCCCCCCCCC(=O)NCCC[N+](C)(C)CC(=O)[O-].CCCCCCCCCCCC(=O)NCCC[N+](C)(C)CC(O)CS(=O)(=O)[O-].CCCCCCCCCCCCCCCC[N+](C)(C)CCCS(=O)(=O)[O-].CCCCCCCCCCCC[N+](C)(C)CCCS(=O)(=O)[O-].C[N+](C)(C)CCCS(=O)(=O)[O-]. The molecular formula is C83H177N7O17S4. The molecule has 0 saturated carbocycles. The Balaban J connectivity index is -0.000000431. The van der Waals surface area contributed by atoms with Crippen LogP contribution in [0.2, 0.25) is 0 Å². The molecule has 0 spiro atoms. The normalized spacial score (nSPS) is 12.7. The van der Waals surface area contributed by atoms with Crippen molar-refractivity contribution in [2.75, 3.05) is 173 Å². The fraction of sp³-hybridized carbons (Fsp3) is 0.964. The summed E-state index contributed by atoms with van der Waals surface area (Å²) in [7, 11) is 5.27. The number of aliphatic carboxylic acids is 1. The van der Waals surface area contributed by atoms with Crippen LogP contribution in [0.5, 0.6) is 0 Å². The average Bonchev–Trinajstić information content (AvgIpc) is 0.897. The molecule has 0 aromatic carbocycles. The lowest BCUT2D eigenvalue weighted by molar-refractivity contribution is -0.893. The van der Waals surface area contributed by atoms with E-state index < -0.39 is 58.3 Å². The number of likely N-dealkylation sites (N-methyl/N-ethyl adjacent to an activating group) is 2. The van der Waals surface area contributed by atoms with Gasteiger partial charge in [0.25, 0.3) is 0 Å². The molecule has 0 aliphatic rings. The smallest absolute Gasteiger partial charge is 0.219 e. The maximum Gasteiger partial charge on any atom is 0.219 e. The van der Waals surface area contributed by atoms with E-state index in [4.69, 9.17) is 0 Å².